The first-order chi connectivity index (χ1) is 14.5. The van der Waals surface area contributed by atoms with E-state index in [4.69, 9.17) is 0 Å². The Morgan fingerprint density at radius 3 is 2.17 bits per heavy atom. The van der Waals surface area contributed by atoms with Gasteiger partial charge >= 0.3 is 0 Å². The second-order valence-electron chi connectivity index (χ2n) is 7.72. The van der Waals surface area contributed by atoms with Crippen LogP contribution in [-0.2, 0) is 10.0 Å². The fourth-order valence-corrected chi connectivity index (χ4v) is 5.67. The minimum atomic E-state index is -3.94. The van der Waals surface area contributed by atoms with Crippen LogP contribution in [0.5, 0.6) is 0 Å². The normalized spacial score (nSPS) is 18.4. The molecule has 0 aliphatic carbocycles. The van der Waals surface area contributed by atoms with Gasteiger partial charge in [-0.3, -0.25) is 4.79 Å². The highest BCUT2D eigenvalue weighted by Gasteiger charge is 2.30. The number of carbonyl (C=O) groups is 1. The number of hydrogen-bond donors (Lipinski definition) is 0. The number of piperidine rings is 1. The maximum absolute atomic E-state index is 14.4. The van der Waals surface area contributed by atoms with Gasteiger partial charge in [-0.15, -0.1) is 0 Å². The molecule has 0 spiro atoms. The molecule has 0 bridgehead atoms. The van der Waals surface area contributed by atoms with Crippen LogP contribution in [0.3, 0.4) is 0 Å². The second kappa shape index (κ2) is 8.73. The SMILES string of the molecule is O=C(c1ccc(F)c(S(=O)(=O)N2CCCCC2)c1)N1CCN(c2ccccc2)CC1. The van der Waals surface area contributed by atoms with Crippen molar-refractivity contribution in [2.45, 2.75) is 24.2 Å². The molecule has 0 radical (unpaired) electrons. The van der Waals surface area contributed by atoms with E-state index in [1.807, 2.05) is 30.3 Å². The molecule has 2 aliphatic rings. The number of nitrogens with zero attached hydrogens (tertiary/aromatic N) is 3. The van der Waals surface area contributed by atoms with E-state index < -0.39 is 20.7 Å². The summed E-state index contributed by atoms with van der Waals surface area (Å²) in [6.07, 6.45) is 2.51. The molecule has 1 amide bonds. The maximum Gasteiger partial charge on any atom is 0.254 e. The van der Waals surface area contributed by atoms with Crippen LogP contribution in [-0.4, -0.2) is 62.8 Å². The molecule has 2 heterocycles. The van der Waals surface area contributed by atoms with Crippen molar-refractivity contribution < 1.29 is 17.6 Å². The van der Waals surface area contributed by atoms with E-state index in [0.717, 1.165) is 31.0 Å². The van der Waals surface area contributed by atoms with Crippen LogP contribution in [0.4, 0.5) is 10.1 Å². The molecule has 0 unspecified atom stereocenters. The third-order valence-electron chi connectivity index (χ3n) is 5.80. The van der Waals surface area contributed by atoms with Crippen molar-refractivity contribution in [1.82, 2.24) is 9.21 Å². The molecule has 0 aromatic heterocycles. The van der Waals surface area contributed by atoms with Crippen LogP contribution in [0.2, 0.25) is 0 Å². The average molecular weight is 432 g/mol. The Morgan fingerprint density at radius 1 is 0.833 bits per heavy atom. The number of piperazine rings is 1. The summed E-state index contributed by atoms with van der Waals surface area (Å²) in [6, 6.07) is 13.7. The van der Waals surface area contributed by atoms with Gasteiger partial charge in [0.15, 0.2) is 0 Å². The van der Waals surface area contributed by atoms with Crippen molar-refractivity contribution in [2.75, 3.05) is 44.2 Å². The molecule has 30 heavy (non-hydrogen) atoms. The third-order valence-corrected chi connectivity index (χ3v) is 7.71. The predicted molar refractivity (Wildman–Crippen MR) is 114 cm³/mol. The number of anilines is 1. The molecule has 8 heteroatoms. The standard InChI is InChI=1S/C22H26FN3O3S/c23-20-10-9-18(17-21(20)30(28,29)26-11-5-2-6-12-26)22(27)25-15-13-24(14-16-25)19-7-3-1-4-8-19/h1,3-4,7-10,17H,2,5-6,11-16H2. The summed E-state index contributed by atoms with van der Waals surface area (Å²) in [5.41, 5.74) is 1.32. The largest absolute Gasteiger partial charge is 0.368 e. The minimum Gasteiger partial charge on any atom is -0.368 e. The van der Waals surface area contributed by atoms with Crippen LogP contribution < -0.4 is 4.90 Å². The number of rotatable bonds is 4. The highest BCUT2D eigenvalue weighted by atomic mass is 32.2. The van der Waals surface area contributed by atoms with Gasteiger partial charge in [-0.2, -0.15) is 4.31 Å². The van der Waals surface area contributed by atoms with Gasteiger partial charge in [0.05, 0.1) is 0 Å². The van der Waals surface area contributed by atoms with Crippen molar-refractivity contribution >= 4 is 21.6 Å². The van der Waals surface area contributed by atoms with Crippen LogP contribution in [0.1, 0.15) is 29.6 Å². The van der Waals surface area contributed by atoms with E-state index in [1.54, 1.807) is 4.90 Å². The van der Waals surface area contributed by atoms with Gasteiger partial charge in [-0.25, -0.2) is 12.8 Å². The Morgan fingerprint density at radius 2 is 1.50 bits per heavy atom. The van der Waals surface area contributed by atoms with Gasteiger partial charge < -0.3 is 9.80 Å². The molecule has 2 aromatic carbocycles. The van der Waals surface area contributed by atoms with Crippen molar-refractivity contribution in [3.63, 3.8) is 0 Å². The van der Waals surface area contributed by atoms with Crippen LogP contribution in [0, 0.1) is 5.82 Å². The first kappa shape index (κ1) is 20.8. The molecule has 0 saturated carbocycles. The summed E-state index contributed by atoms with van der Waals surface area (Å²) in [5.74, 6) is -1.08. The number of benzene rings is 2. The maximum atomic E-state index is 14.4. The van der Waals surface area contributed by atoms with Gasteiger partial charge in [0.1, 0.15) is 10.7 Å². The first-order valence-electron chi connectivity index (χ1n) is 10.4. The second-order valence-corrected chi connectivity index (χ2v) is 9.63. The van der Waals surface area contributed by atoms with Gasteiger partial charge in [0.25, 0.3) is 5.91 Å². The van der Waals surface area contributed by atoms with E-state index in [-0.39, 0.29) is 11.5 Å². The summed E-state index contributed by atoms with van der Waals surface area (Å²) < 4.78 is 41.6. The average Bonchev–Trinajstić information content (AvgIpc) is 2.80. The van der Waals surface area contributed by atoms with Crippen LogP contribution in [0.15, 0.2) is 53.4 Å². The zero-order valence-corrected chi connectivity index (χ0v) is 17.7. The highest BCUT2D eigenvalue weighted by Crippen LogP contribution is 2.25. The molecule has 0 N–H and O–H groups in total. The molecular formula is C22H26FN3O3S. The van der Waals surface area contributed by atoms with E-state index in [2.05, 4.69) is 4.90 Å². The lowest BCUT2D eigenvalue weighted by atomic mass is 10.1. The summed E-state index contributed by atoms with van der Waals surface area (Å²) in [4.78, 5) is 16.5. The predicted octanol–water partition coefficient (Wildman–Crippen LogP) is 2.96. The van der Waals surface area contributed by atoms with Crippen LogP contribution >= 0.6 is 0 Å². The summed E-state index contributed by atoms with van der Waals surface area (Å²) in [6.45, 7) is 3.22. The molecule has 6 nitrogen and oxygen atoms in total. The first-order valence-corrected chi connectivity index (χ1v) is 11.8. The number of halogens is 1. The summed E-state index contributed by atoms with van der Waals surface area (Å²) >= 11 is 0. The number of para-hydroxylation sites is 1. The topological polar surface area (TPSA) is 60.9 Å². The lowest BCUT2D eigenvalue weighted by molar-refractivity contribution is 0.0746. The lowest BCUT2D eigenvalue weighted by Gasteiger charge is -2.36. The molecule has 2 aromatic rings. The number of amides is 1. The highest BCUT2D eigenvalue weighted by molar-refractivity contribution is 7.89. The Bertz CT molecular complexity index is 1000. The molecule has 2 fully saturated rings. The number of carbonyl (C=O) groups excluding carboxylic acids is 1. The van der Waals surface area contributed by atoms with Gasteiger partial charge in [0, 0.05) is 50.5 Å². The zero-order valence-electron chi connectivity index (χ0n) is 16.8. The van der Waals surface area contributed by atoms with Crippen molar-refractivity contribution in [1.29, 1.82) is 0 Å². The van der Waals surface area contributed by atoms with E-state index in [1.165, 1.54) is 16.4 Å². The van der Waals surface area contributed by atoms with Crippen molar-refractivity contribution in [3.05, 3.63) is 59.9 Å². The third kappa shape index (κ3) is 4.20. The quantitative estimate of drug-likeness (QED) is 0.747. The molecule has 160 valence electrons. The summed E-state index contributed by atoms with van der Waals surface area (Å²) in [7, 11) is -3.94. The van der Waals surface area contributed by atoms with Crippen molar-refractivity contribution in [3.8, 4) is 0 Å². The lowest BCUT2D eigenvalue weighted by Crippen LogP contribution is -2.48. The fraction of sp³-hybridized carbons (Fsp3) is 0.409. The Balaban J connectivity index is 1.49. The van der Waals surface area contributed by atoms with Gasteiger partial charge in [-0.1, -0.05) is 24.6 Å². The van der Waals surface area contributed by atoms with E-state index in [9.17, 15) is 17.6 Å². The zero-order chi connectivity index (χ0) is 21.1. The molecular weight excluding hydrogens is 405 g/mol. The molecule has 4 rings (SSSR count). The Labute approximate surface area is 176 Å². The Hall–Kier alpha value is -2.45. The van der Waals surface area contributed by atoms with E-state index in [0.29, 0.717) is 39.3 Å². The monoisotopic (exact) mass is 431 g/mol. The van der Waals surface area contributed by atoms with Crippen molar-refractivity contribution in [2.24, 2.45) is 0 Å². The van der Waals surface area contributed by atoms with Gasteiger partial charge in [-0.05, 0) is 43.2 Å². The van der Waals surface area contributed by atoms with Crippen LogP contribution in [0.25, 0.3) is 0 Å². The summed E-state index contributed by atoms with van der Waals surface area (Å²) in [5, 5.41) is 0. The fourth-order valence-electron chi connectivity index (χ4n) is 4.07. The van der Waals surface area contributed by atoms with Gasteiger partial charge in [0.2, 0.25) is 10.0 Å². The molecule has 2 saturated heterocycles. The van der Waals surface area contributed by atoms with E-state index >= 15 is 0 Å². The number of hydrogen-bond acceptors (Lipinski definition) is 4. The molecule has 0 atom stereocenters. The minimum absolute atomic E-state index is 0.208. The Kier molecular flexibility index (Phi) is 6.06. The number of sulfonamides is 1. The smallest absolute Gasteiger partial charge is 0.254 e. The molecule has 2 aliphatic heterocycles.